The van der Waals surface area contributed by atoms with Crippen molar-refractivity contribution < 1.29 is 17.6 Å². The predicted octanol–water partition coefficient (Wildman–Crippen LogP) is 3.43. The summed E-state index contributed by atoms with van der Waals surface area (Å²) in [5.74, 6) is 0.147. The van der Waals surface area contributed by atoms with Gasteiger partial charge in [0.1, 0.15) is 0 Å². The fourth-order valence-corrected chi connectivity index (χ4v) is 5.20. The third kappa shape index (κ3) is 3.05. The van der Waals surface area contributed by atoms with Crippen LogP contribution >= 0.6 is 11.6 Å². The zero-order valence-electron chi connectivity index (χ0n) is 13.7. The van der Waals surface area contributed by atoms with Gasteiger partial charge in [-0.3, -0.25) is 4.79 Å². The van der Waals surface area contributed by atoms with Crippen LogP contribution in [0.25, 0.3) is 11.0 Å². The van der Waals surface area contributed by atoms with Gasteiger partial charge in [-0.2, -0.15) is 0 Å². The summed E-state index contributed by atoms with van der Waals surface area (Å²) in [5, 5.41) is 1.27. The Morgan fingerprint density at radius 1 is 1.42 bits per heavy atom. The van der Waals surface area contributed by atoms with Crippen molar-refractivity contribution in [3.63, 3.8) is 0 Å². The van der Waals surface area contributed by atoms with E-state index in [0.717, 1.165) is 17.4 Å². The Morgan fingerprint density at radius 2 is 2.17 bits per heavy atom. The maximum atomic E-state index is 13.0. The number of hydrogen-bond donors (Lipinski definition) is 0. The number of fused-ring (bicyclic) bond motifs is 1. The third-order valence-corrected chi connectivity index (χ3v) is 6.53. The first kappa shape index (κ1) is 17.3. The van der Waals surface area contributed by atoms with Crippen molar-refractivity contribution in [1.29, 1.82) is 0 Å². The number of halogens is 1. The molecule has 1 saturated heterocycles. The van der Waals surface area contributed by atoms with E-state index >= 15 is 0 Å². The summed E-state index contributed by atoms with van der Waals surface area (Å²) in [6.45, 7) is 4.29. The van der Waals surface area contributed by atoms with Crippen LogP contribution in [0.5, 0.6) is 0 Å². The molecule has 0 N–H and O–H groups in total. The lowest BCUT2D eigenvalue weighted by Crippen LogP contribution is -2.41. The number of benzene rings is 1. The number of nitrogens with zero attached hydrogens (tertiary/aromatic N) is 1. The third-order valence-electron chi connectivity index (χ3n) is 4.48. The Balaban J connectivity index is 1.99. The lowest BCUT2D eigenvalue weighted by molar-refractivity contribution is 0.0666. The van der Waals surface area contributed by atoms with Gasteiger partial charge in [0.05, 0.1) is 16.5 Å². The number of para-hydroxylation sites is 1. The molecule has 2 heterocycles. The molecule has 24 heavy (non-hydrogen) atoms. The van der Waals surface area contributed by atoms with Crippen LogP contribution in [-0.4, -0.2) is 43.3 Å². The molecule has 0 unspecified atom stereocenters. The van der Waals surface area contributed by atoms with Gasteiger partial charge in [0.2, 0.25) is 0 Å². The molecule has 130 valence electrons. The standard InChI is InChI=1S/C17H20ClNO4S/c1-3-8-19(12-7-9-24(21,22)10-12)17(20)15-11(2)13-5-4-6-14(18)16(13)23-15/h4-6,12H,3,7-10H2,1-2H3/t12-/m0/s1. The molecule has 1 atom stereocenters. The maximum absolute atomic E-state index is 13.0. The van der Waals surface area contributed by atoms with Crippen LogP contribution < -0.4 is 0 Å². The normalized spacial score (nSPS) is 19.7. The van der Waals surface area contributed by atoms with E-state index in [0.29, 0.717) is 23.6 Å². The molecule has 0 aliphatic carbocycles. The van der Waals surface area contributed by atoms with Crippen LogP contribution in [0.3, 0.4) is 0 Å². The number of sulfone groups is 1. The molecule has 1 aromatic heterocycles. The Hall–Kier alpha value is -1.53. The van der Waals surface area contributed by atoms with E-state index in [-0.39, 0.29) is 29.2 Å². The molecule has 1 aromatic carbocycles. The first-order valence-electron chi connectivity index (χ1n) is 8.03. The van der Waals surface area contributed by atoms with Gasteiger partial charge < -0.3 is 9.32 Å². The minimum atomic E-state index is -3.06. The monoisotopic (exact) mass is 369 g/mol. The Bertz CT molecular complexity index is 887. The van der Waals surface area contributed by atoms with Crippen LogP contribution in [0, 0.1) is 6.92 Å². The summed E-state index contributed by atoms with van der Waals surface area (Å²) in [7, 11) is -3.06. The Kier molecular flexibility index (Phi) is 4.62. The number of amides is 1. The first-order chi connectivity index (χ1) is 11.3. The number of aryl methyl sites for hydroxylation is 1. The second kappa shape index (κ2) is 6.41. The molecule has 1 fully saturated rings. The number of rotatable bonds is 4. The van der Waals surface area contributed by atoms with Crippen molar-refractivity contribution in [2.45, 2.75) is 32.7 Å². The van der Waals surface area contributed by atoms with Gasteiger partial charge in [-0.1, -0.05) is 30.7 Å². The largest absolute Gasteiger partial charge is 0.449 e. The molecule has 0 radical (unpaired) electrons. The molecule has 0 bridgehead atoms. The van der Waals surface area contributed by atoms with Gasteiger partial charge in [0.25, 0.3) is 5.91 Å². The molecule has 1 amide bonds. The van der Waals surface area contributed by atoms with Crippen LogP contribution in [0.2, 0.25) is 5.02 Å². The fourth-order valence-electron chi connectivity index (χ4n) is 3.26. The number of carbonyl (C=O) groups excluding carboxylic acids is 1. The minimum absolute atomic E-state index is 0.0266. The molecule has 2 aromatic rings. The van der Waals surface area contributed by atoms with Crippen LogP contribution in [0.15, 0.2) is 22.6 Å². The van der Waals surface area contributed by atoms with Gasteiger partial charge in [0.15, 0.2) is 21.2 Å². The van der Waals surface area contributed by atoms with E-state index in [4.69, 9.17) is 16.0 Å². The molecule has 1 aliphatic heterocycles. The minimum Gasteiger partial charge on any atom is -0.449 e. The second-order valence-electron chi connectivity index (χ2n) is 6.23. The highest BCUT2D eigenvalue weighted by Crippen LogP contribution is 2.32. The van der Waals surface area contributed by atoms with Gasteiger partial charge >= 0.3 is 0 Å². The van der Waals surface area contributed by atoms with Crippen molar-refractivity contribution in [3.8, 4) is 0 Å². The molecule has 0 spiro atoms. The summed E-state index contributed by atoms with van der Waals surface area (Å²) >= 11 is 6.15. The lowest BCUT2D eigenvalue weighted by atomic mass is 10.1. The fraction of sp³-hybridized carbons (Fsp3) is 0.471. The van der Waals surface area contributed by atoms with Crippen LogP contribution in [-0.2, 0) is 9.84 Å². The van der Waals surface area contributed by atoms with Crippen molar-refractivity contribution in [1.82, 2.24) is 4.90 Å². The molecule has 0 saturated carbocycles. The molecule has 7 heteroatoms. The quantitative estimate of drug-likeness (QED) is 0.827. The van der Waals surface area contributed by atoms with Crippen molar-refractivity contribution in [2.75, 3.05) is 18.1 Å². The van der Waals surface area contributed by atoms with Crippen molar-refractivity contribution >= 4 is 38.3 Å². The smallest absolute Gasteiger partial charge is 0.290 e. The molecular weight excluding hydrogens is 350 g/mol. The predicted molar refractivity (Wildman–Crippen MR) is 94.3 cm³/mol. The maximum Gasteiger partial charge on any atom is 0.290 e. The number of furan rings is 1. The van der Waals surface area contributed by atoms with Gasteiger partial charge in [-0.15, -0.1) is 0 Å². The molecule has 1 aliphatic rings. The van der Waals surface area contributed by atoms with E-state index < -0.39 is 9.84 Å². The zero-order chi connectivity index (χ0) is 17.5. The van der Waals surface area contributed by atoms with E-state index in [1.54, 1.807) is 11.0 Å². The lowest BCUT2D eigenvalue weighted by Gasteiger charge is -2.27. The summed E-state index contributed by atoms with van der Waals surface area (Å²) in [6, 6.07) is 5.11. The molecular formula is C17H20ClNO4S. The average molecular weight is 370 g/mol. The van der Waals surface area contributed by atoms with Crippen molar-refractivity contribution in [2.24, 2.45) is 0 Å². The number of carbonyl (C=O) groups is 1. The summed E-state index contributed by atoms with van der Waals surface area (Å²) in [4.78, 5) is 14.7. The zero-order valence-corrected chi connectivity index (χ0v) is 15.3. The average Bonchev–Trinajstić information content (AvgIpc) is 3.06. The highest BCUT2D eigenvalue weighted by molar-refractivity contribution is 7.91. The van der Waals surface area contributed by atoms with Gasteiger partial charge in [-0.25, -0.2) is 8.42 Å². The summed E-state index contributed by atoms with van der Waals surface area (Å²) in [5.41, 5.74) is 1.23. The van der Waals surface area contributed by atoms with E-state index in [1.807, 2.05) is 26.0 Å². The first-order valence-corrected chi connectivity index (χ1v) is 10.2. The van der Waals surface area contributed by atoms with E-state index in [1.165, 1.54) is 0 Å². The summed E-state index contributed by atoms with van der Waals surface area (Å²) in [6.07, 6.45) is 1.23. The van der Waals surface area contributed by atoms with Crippen LogP contribution in [0.1, 0.15) is 35.9 Å². The van der Waals surface area contributed by atoms with E-state index in [9.17, 15) is 13.2 Å². The Morgan fingerprint density at radius 3 is 2.75 bits per heavy atom. The Labute approximate surface area is 146 Å². The summed E-state index contributed by atoms with van der Waals surface area (Å²) < 4.78 is 29.3. The van der Waals surface area contributed by atoms with E-state index in [2.05, 4.69) is 0 Å². The topological polar surface area (TPSA) is 67.6 Å². The number of hydrogen-bond acceptors (Lipinski definition) is 4. The van der Waals surface area contributed by atoms with Gasteiger partial charge in [0, 0.05) is 23.5 Å². The van der Waals surface area contributed by atoms with Gasteiger partial charge in [-0.05, 0) is 25.8 Å². The van der Waals surface area contributed by atoms with Crippen molar-refractivity contribution in [3.05, 3.63) is 34.5 Å². The molecule has 5 nitrogen and oxygen atoms in total. The SMILES string of the molecule is CCCN(C(=O)c1oc2c(Cl)cccc2c1C)[C@H]1CCS(=O)(=O)C1. The van der Waals surface area contributed by atoms with Crippen LogP contribution in [0.4, 0.5) is 0 Å². The highest BCUT2D eigenvalue weighted by atomic mass is 35.5. The second-order valence-corrected chi connectivity index (χ2v) is 8.86. The highest BCUT2D eigenvalue weighted by Gasteiger charge is 2.36. The molecule has 3 rings (SSSR count).